The van der Waals surface area contributed by atoms with Crippen LogP contribution in [0.15, 0.2) is 60.7 Å². The van der Waals surface area contributed by atoms with Gasteiger partial charge >= 0.3 is 11.9 Å². The van der Waals surface area contributed by atoms with Crippen molar-refractivity contribution in [2.45, 2.75) is 0 Å². The second-order valence-electron chi connectivity index (χ2n) is 5.88. The van der Waals surface area contributed by atoms with Crippen molar-refractivity contribution in [1.29, 1.82) is 0 Å². The maximum absolute atomic E-state index is 12.7. The van der Waals surface area contributed by atoms with Crippen LogP contribution in [0.3, 0.4) is 0 Å². The third-order valence-corrected chi connectivity index (χ3v) is 4.25. The molecule has 0 unspecified atom stereocenters. The Morgan fingerprint density at radius 1 is 0.815 bits per heavy atom. The number of amides is 2. The number of hydrogen-bond acceptors (Lipinski definition) is 5. The molecule has 7 heteroatoms. The van der Waals surface area contributed by atoms with Crippen molar-refractivity contribution in [1.82, 2.24) is 5.06 Å². The Hall–Kier alpha value is -4.00. The molecule has 27 heavy (non-hydrogen) atoms. The molecule has 7 nitrogen and oxygen atoms in total. The number of carboxylic acids is 1. The number of nitrogens with zero attached hydrogens (tertiary/aromatic N) is 1. The van der Waals surface area contributed by atoms with Gasteiger partial charge in [-0.3, -0.25) is 9.59 Å². The lowest BCUT2D eigenvalue weighted by Gasteiger charge is -2.25. The maximum atomic E-state index is 12.7. The van der Waals surface area contributed by atoms with Crippen molar-refractivity contribution in [3.05, 3.63) is 82.9 Å². The quantitative estimate of drug-likeness (QED) is 0.720. The summed E-state index contributed by atoms with van der Waals surface area (Å²) in [5.41, 5.74) is 0.285. The Bertz CT molecular complexity index is 1100. The zero-order valence-electron chi connectivity index (χ0n) is 13.7. The summed E-state index contributed by atoms with van der Waals surface area (Å²) in [6.07, 6.45) is 0. The topological polar surface area (TPSA) is 101 Å². The van der Waals surface area contributed by atoms with Crippen LogP contribution in [0.2, 0.25) is 0 Å². The van der Waals surface area contributed by atoms with Crippen LogP contribution in [0.25, 0.3) is 10.8 Å². The molecular formula is C20H11NO6. The number of benzene rings is 3. The van der Waals surface area contributed by atoms with Gasteiger partial charge < -0.3 is 9.94 Å². The minimum atomic E-state index is -1.21. The van der Waals surface area contributed by atoms with Gasteiger partial charge in [0.15, 0.2) is 0 Å². The van der Waals surface area contributed by atoms with Gasteiger partial charge in [0, 0.05) is 5.39 Å². The van der Waals surface area contributed by atoms with E-state index in [1.54, 1.807) is 36.4 Å². The summed E-state index contributed by atoms with van der Waals surface area (Å²) in [4.78, 5) is 53.8. The van der Waals surface area contributed by atoms with Gasteiger partial charge in [-0.1, -0.05) is 35.4 Å². The molecular weight excluding hydrogens is 350 g/mol. The number of hydroxylamine groups is 2. The predicted octanol–water partition coefficient (Wildman–Crippen LogP) is 2.91. The maximum Gasteiger partial charge on any atom is 0.363 e. The highest BCUT2D eigenvalue weighted by molar-refractivity contribution is 6.25. The van der Waals surface area contributed by atoms with Crippen molar-refractivity contribution in [2.24, 2.45) is 0 Å². The first-order valence-corrected chi connectivity index (χ1v) is 7.93. The van der Waals surface area contributed by atoms with E-state index < -0.39 is 23.8 Å². The van der Waals surface area contributed by atoms with E-state index in [1.807, 2.05) is 0 Å². The Morgan fingerprint density at radius 2 is 1.37 bits per heavy atom. The van der Waals surface area contributed by atoms with Gasteiger partial charge in [-0.2, -0.15) is 0 Å². The van der Waals surface area contributed by atoms with Crippen LogP contribution >= 0.6 is 0 Å². The standard InChI is InChI=1S/C20H11NO6/c22-17-14-8-2-4-11-5-3-9-15(16(11)14)18(23)21(17)27-20(26)13-7-1-6-12(10-13)19(24)25/h1-10H,(H,24,25). The number of hydrogen-bond donors (Lipinski definition) is 1. The normalized spacial score (nSPS) is 13.0. The van der Waals surface area contributed by atoms with E-state index in [0.717, 1.165) is 11.5 Å². The predicted molar refractivity (Wildman–Crippen MR) is 93.3 cm³/mol. The summed E-state index contributed by atoms with van der Waals surface area (Å²) < 4.78 is 0. The molecule has 1 heterocycles. The summed E-state index contributed by atoms with van der Waals surface area (Å²) in [5, 5.41) is 10.7. The number of carbonyl (C=O) groups excluding carboxylic acids is 3. The number of rotatable bonds is 3. The summed E-state index contributed by atoms with van der Waals surface area (Å²) in [6, 6.07) is 15.1. The van der Waals surface area contributed by atoms with Crippen LogP contribution in [0.4, 0.5) is 0 Å². The molecule has 4 rings (SSSR count). The number of carbonyl (C=O) groups is 4. The molecule has 0 bridgehead atoms. The first-order chi connectivity index (χ1) is 13.0. The lowest BCUT2D eigenvalue weighted by molar-refractivity contribution is -0.0620. The molecule has 132 valence electrons. The zero-order chi connectivity index (χ0) is 19.1. The van der Waals surface area contributed by atoms with E-state index in [9.17, 15) is 19.2 Å². The third kappa shape index (κ3) is 2.62. The molecule has 1 aliphatic heterocycles. The zero-order valence-corrected chi connectivity index (χ0v) is 13.7. The first-order valence-electron chi connectivity index (χ1n) is 7.93. The third-order valence-electron chi connectivity index (χ3n) is 4.25. The van der Waals surface area contributed by atoms with Crippen molar-refractivity contribution in [2.75, 3.05) is 0 Å². The van der Waals surface area contributed by atoms with Crippen LogP contribution in [-0.2, 0) is 4.84 Å². The molecule has 2 amide bonds. The van der Waals surface area contributed by atoms with Crippen LogP contribution in [0.5, 0.6) is 0 Å². The molecule has 0 fully saturated rings. The van der Waals surface area contributed by atoms with Crippen LogP contribution in [0, 0.1) is 0 Å². The van der Waals surface area contributed by atoms with Gasteiger partial charge in [-0.05, 0) is 35.7 Å². The van der Waals surface area contributed by atoms with E-state index in [2.05, 4.69) is 0 Å². The monoisotopic (exact) mass is 361 g/mol. The van der Waals surface area contributed by atoms with Crippen LogP contribution < -0.4 is 0 Å². The number of imide groups is 1. The molecule has 1 N–H and O–H groups in total. The minimum Gasteiger partial charge on any atom is -0.478 e. The van der Waals surface area contributed by atoms with E-state index in [4.69, 9.17) is 9.94 Å². The molecule has 0 aliphatic carbocycles. The Labute approximate surface area is 152 Å². The van der Waals surface area contributed by atoms with Crippen molar-refractivity contribution >= 4 is 34.5 Å². The van der Waals surface area contributed by atoms with Crippen LogP contribution in [0.1, 0.15) is 41.4 Å². The fraction of sp³-hybridized carbons (Fsp3) is 0. The summed E-state index contributed by atoms with van der Waals surface area (Å²) in [7, 11) is 0. The average molecular weight is 361 g/mol. The summed E-state index contributed by atoms with van der Waals surface area (Å²) in [6.45, 7) is 0. The molecule has 0 spiro atoms. The SMILES string of the molecule is O=C(O)c1cccc(C(=O)ON2C(=O)c3cccc4cccc(c34)C2=O)c1. The van der Waals surface area contributed by atoms with E-state index in [0.29, 0.717) is 10.4 Å². The molecule has 0 aromatic heterocycles. The van der Waals surface area contributed by atoms with Gasteiger partial charge in [0.1, 0.15) is 0 Å². The second-order valence-corrected chi connectivity index (χ2v) is 5.88. The highest BCUT2D eigenvalue weighted by Crippen LogP contribution is 2.30. The van der Waals surface area contributed by atoms with E-state index >= 15 is 0 Å². The number of carboxylic acid groups (broad SMARTS) is 1. The molecule has 0 atom stereocenters. The van der Waals surface area contributed by atoms with Gasteiger partial charge in [-0.15, -0.1) is 0 Å². The van der Waals surface area contributed by atoms with Crippen molar-refractivity contribution in [3.8, 4) is 0 Å². The Morgan fingerprint density at radius 3 is 1.96 bits per heavy atom. The minimum absolute atomic E-state index is 0.0902. The van der Waals surface area contributed by atoms with Crippen LogP contribution in [-0.4, -0.2) is 33.9 Å². The highest BCUT2D eigenvalue weighted by Gasteiger charge is 2.36. The Kier molecular flexibility index (Phi) is 3.70. The number of aromatic carboxylic acids is 1. The van der Waals surface area contributed by atoms with E-state index in [1.165, 1.54) is 18.2 Å². The summed E-state index contributed by atoms with van der Waals surface area (Å²) in [5.74, 6) is -3.74. The first kappa shape index (κ1) is 16.5. The smallest absolute Gasteiger partial charge is 0.363 e. The lowest BCUT2D eigenvalue weighted by Crippen LogP contribution is -2.41. The molecule has 3 aromatic rings. The molecule has 0 radical (unpaired) electrons. The lowest BCUT2D eigenvalue weighted by atomic mass is 9.95. The largest absolute Gasteiger partial charge is 0.478 e. The van der Waals surface area contributed by atoms with Gasteiger partial charge in [0.05, 0.1) is 22.3 Å². The van der Waals surface area contributed by atoms with Crippen molar-refractivity contribution < 1.29 is 29.1 Å². The fourth-order valence-electron chi connectivity index (χ4n) is 3.01. The molecule has 3 aromatic carbocycles. The molecule has 0 saturated carbocycles. The fourth-order valence-corrected chi connectivity index (χ4v) is 3.01. The summed E-state index contributed by atoms with van der Waals surface area (Å²) >= 11 is 0. The molecule has 1 aliphatic rings. The highest BCUT2D eigenvalue weighted by atomic mass is 16.7. The van der Waals surface area contributed by atoms with Crippen molar-refractivity contribution in [3.63, 3.8) is 0 Å². The average Bonchev–Trinajstić information content (AvgIpc) is 2.69. The van der Waals surface area contributed by atoms with Gasteiger partial charge in [-0.25, -0.2) is 9.59 Å². The molecule has 0 saturated heterocycles. The van der Waals surface area contributed by atoms with E-state index in [-0.39, 0.29) is 22.3 Å². The van der Waals surface area contributed by atoms with Gasteiger partial charge in [0.25, 0.3) is 11.8 Å². The second kappa shape index (κ2) is 6.06. The Balaban J connectivity index is 1.71. The van der Waals surface area contributed by atoms with Gasteiger partial charge in [0.2, 0.25) is 0 Å².